The number of rotatable bonds is 4. The summed E-state index contributed by atoms with van der Waals surface area (Å²) in [6, 6.07) is 5.39. The number of methoxy groups -OCH3 is 1. The summed E-state index contributed by atoms with van der Waals surface area (Å²) in [5.41, 5.74) is 0.818. The fourth-order valence-electron chi connectivity index (χ4n) is 2.12. The van der Waals surface area contributed by atoms with Gasteiger partial charge in [0.2, 0.25) is 5.91 Å². The van der Waals surface area contributed by atoms with E-state index in [1.165, 1.54) is 0 Å². The molecule has 2 rings (SSSR count). The van der Waals surface area contributed by atoms with Gasteiger partial charge in [0.15, 0.2) is 0 Å². The van der Waals surface area contributed by atoms with Crippen LogP contribution in [-0.4, -0.2) is 62.6 Å². The quantitative estimate of drug-likeness (QED) is 0.915. The Morgan fingerprint density at radius 2 is 2.05 bits per heavy atom. The molecule has 1 aromatic rings. The molecule has 110 valence electrons. The predicted molar refractivity (Wildman–Crippen MR) is 80.6 cm³/mol. The predicted octanol–water partition coefficient (Wildman–Crippen LogP) is 1.53. The van der Waals surface area contributed by atoms with Crippen molar-refractivity contribution in [3.05, 3.63) is 23.2 Å². The van der Waals surface area contributed by atoms with E-state index < -0.39 is 0 Å². The number of nitrogens with zero attached hydrogens (tertiary/aromatic N) is 2. The van der Waals surface area contributed by atoms with E-state index in [1.807, 2.05) is 11.0 Å². The summed E-state index contributed by atoms with van der Waals surface area (Å²) in [5, 5.41) is 3.63. The van der Waals surface area contributed by atoms with Gasteiger partial charge in [-0.15, -0.1) is 0 Å². The standard InChI is InChI=1S/C14H20ClN3O2/c1-17-5-7-18(8-6-17)14(19)10-16-11-3-4-13(20-2)12(15)9-11/h3-4,9,16H,5-8,10H2,1-2H3. The van der Waals surface area contributed by atoms with Gasteiger partial charge in [0, 0.05) is 31.9 Å². The van der Waals surface area contributed by atoms with Crippen LogP contribution in [0.25, 0.3) is 0 Å². The molecule has 1 heterocycles. The first kappa shape index (κ1) is 14.9. The number of anilines is 1. The molecule has 1 aliphatic rings. The number of likely N-dealkylation sites (N-methyl/N-ethyl adjacent to an activating group) is 1. The molecule has 0 aromatic heterocycles. The molecule has 6 heteroatoms. The molecule has 1 saturated heterocycles. The highest BCUT2D eigenvalue weighted by molar-refractivity contribution is 6.32. The summed E-state index contributed by atoms with van der Waals surface area (Å²) in [6.07, 6.45) is 0. The van der Waals surface area contributed by atoms with E-state index in [-0.39, 0.29) is 12.5 Å². The van der Waals surface area contributed by atoms with Crippen LogP contribution in [0.3, 0.4) is 0 Å². The Hall–Kier alpha value is -1.46. The molecule has 0 atom stereocenters. The Kier molecular flexibility index (Phi) is 5.09. The number of amides is 1. The molecule has 0 radical (unpaired) electrons. The lowest BCUT2D eigenvalue weighted by Gasteiger charge is -2.32. The van der Waals surface area contributed by atoms with Crippen LogP contribution in [0.4, 0.5) is 5.69 Å². The lowest BCUT2D eigenvalue weighted by Crippen LogP contribution is -2.48. The SMILES string of the molecule is COc1ccc(NCC(=O)N2CCN(C)CC2)cc1Cl. The zero-order valence-electron chi connectivity index (χ0n) is 11.9. The van der Waals surface area contributed by atoms with Crippen LogP contribution in [0, 0.1) is 0 Å². The molecular weight excluding hydrogens is 278 g/mol. The van der Waals surface area contributed by atoms with Crippen molar-refractivity contribution >= 4 is 23.2 Å². The molecule has 0 bridgehead atoms. The maximum absolute atomic E-state index is 12.1. The third-order valence-corrected chi connectivity index (χ3v) is 3.75. The van der Waals surface area contributed by atoms with E-state index in [2.05, 4.69) is 17.3 Å². The van der Waals surface area contributed by atoms with Crippen LogP contribution in [0.2, 0.25) is 5.02 Å². The molecular formula is C14H20ClN3O2. The Bertz CT molecular complexity index is 473. The average molecular weight is 298 g/mol. The Morgan fingerprint density at radius 1 is 1.35 bits per heavy atom. The molecule has 1 aromatic carbocycles. The number of benzene rings is 1. The largest absolute Gasteiger partial charge is 0.495 e. The van der Waals surface area contributed by atoms with Crippen molar-refractivity contribution in [2.45, 2.75) is 0 Å². The van der Waals surface area contributed by atoms with E-state index in [9.17, 15) is 4.79 Å². The molecule has 1 aliphatic heterocycles. The number of hydrogen-bond acceptors (Lipinski definition) is 4. The number of ether oxygens (including phenoxy) is 1. The fourth-order valence-corrected chi connectivity index (χ4v) is 2.38. The Labute approximate surface area is 124 Å². The number of nitrogens with one attached hydrogen (secondary N) is 1. The maximum atomic E-state index is 12.1. The van der Waals surface area contributed by atoms with Crippen molar-refractivity contribution < 1.29 is 9.53 Å². The van der Waals surface area contributed by atoms with Gasteiger partial charge in [-0.25, -0.2) is 0 Å². The van der Waals surface area contributed by atoms with Gasteiger partial charge in [0.1, 0.15) is 5.75 Å². The maximum Gasteiger partial charge on any atom is 0.241 e. The molecule has 0 saturated carbocycles. The highest BCUT2D eigenvalue weighted by Crippen LogP contribution is 2.27. The highest BCUT2D eigenvalue weighted by atomic mass is 35.5. The number of hydrogen-bond donors (Lipinski definition) is 1. The van der Waals surface area contributed by atoms with E-state index in [1.54, 1.807) is 19.2 Å². The highest BCUT2D eigenvalue weighted by Gasteiger charge is 2.18. The number of carbonyl (C=O) groups is 1. The fraction of sp³-hybridized carbons (Fsp3) is 0.500. The molecule has 1 amide bonds. The van der Waals surface area contributed by atoms with Crippen molar-refractivity contribution in [1.29, 1.82) is 0 Å². The molecule has 5 nitrogen and oxygen atoms in total. The van der Waals surface area contributed by atoms with Crippen LogP contribution in [0.5, 0.6) is 5.75 Å². The number of halogens is 1. The summed E-state index contributed by atoms with van der Waals surface area (Å²) in [6.45, 7) is 3.73. The lowest BCUT2D eigenvalue weighted by molar-refractivity contribution is -0.130. The van der Waals surface area contributed by atoms with Gasteiger partial charge >= 0.3 is 0 Å². The van der Waals surface area contributed by atoms with Crippen molar-refractivity contribution in [2.24, 2.45) is 0 Å². The molecule has 1 fully saturated rings. The van der Waals surface area contributed by atoms with E-state index in [0.717, 1.165) is 31.9 Å². The van der Waals surface area contributed by atoms with Gasteiger partial charge in [0.05, 0.1) is 18.7 Å². The van der Waals surface area contributed by atoms with Gasteiger partial charge in [-0.2, -0.15) is 0 Å². The molecule has 20 heavy (non-hydrogen) atoms. The Balaban J connectivity index is 1.85. The summed E-state index contributed by atoms with van der Waals surface area (Å²) in [4.78, 5) is 16.2. The molecule has 0 unspecified atom stereocenters. The second kappa shape index (κ2) is 6.81. The number of carbonyl (C=O) groups excluding carboxylic acids is 1. The second-order valence-corrected chi connectivity index (χ2v) is 5.29. The minimum Gasteiger partial charge on any atom is -0.495 e. The van der Waals surface area contributed by atoms with Crippen molar-refractivity contribution in [3.63, 3.8) is 0 Å². The van der Waals surface area contributed by atoms with Gasteiger partial charge in [-0.3, -0.25) is 4.79 Å². The second-order valence-electron chi connectivity index (χ2n) is 4.89. The zero-order chi connectivity index (χ0) is 14.5. The first-order valence-corrected chi connectivity index (χ1v) is 7.01. The Morgan fingerprint density at radius 3 is 2.65 bits per heavy atom. The third-order valence-electron chi connectivity index (χ3n) is 3.45. The summed E-state index contributed by atoms with van der Waals surface area (Å²) in [5.74, 6) is 0.743. The van der Waals surface area contributed by atoms with Crippen molar-refractivity contribution in [2.75, 3.05) is 52.2 Å². The number of piperazine rings is 1. The van der Waals surface area contributed by atoms with Gasteiger partial charge in [0.25, 0.3) is 0 Å². The van der Waals surface area contributed by atoms with E-state index >= 15 is 0 Å². The van der Waals surface area contributed by atoms with Gasteiger partial charge in [-0.05, 0) is 25.2 Å². The molecule has 1 N–H and O–H groups in total. The van der Waals surface area contributed by atoms with Gasteiger partial charge in [-0.1, -0.05) is 11.6 Å². The van der Waals surface area contributed by atoms with Crippen LogP contribution in [0.1, 0.15) is 0 Å². The molecule has 0 spiro atoms. The summed E-state index contributed by atoms with van der Waals surface area (Å²) >= 11 is 6.04. The minimum absolute atomic E-state index is 0.116. The first-order valence-electron chi connectivity index (χ1n) is 6.64. The first-order chi connectivity index (χ1) is 9.60. The van der Waals surface area contributed by atoms with Crippen LogP contribution in [0.15, 0.2) is 18.2 Å². The molecule has 0 aliphatic carbocycles. The normalized spacial score (nSPS) is 16.1. The van der Waals surface area contributed by atoms with Crippen LogP contribution in [-0.2, 0) is 4.79 Å². The van der Waals surface area contributed by atoms with Gasteiger partial charge < -0.3 is 19.9 Å². The smallest absolute Gasteiger partial charge is 0.241 e. The lowest BCUT2D eigenvalue weighted by atomic mass is 10.3. The van der Waals surface area contributed by atoms with Crippen molar-refractivity contribution in [3.8, 4) is 5.75 Å². The average Bonchev–Trinajstić information content (AvgIpc) is 2.45. The van der Waals surface area contributed by atoms with E-state index in [0.29, 0.717) is 10.8 Å². The monoisotopic (exact) mass is 297 g/mol. The van der Waals surface area contributed by atoms with Crippen LogP contribution >= 0.6 is 11.6 Å². The summed E-state index contributed by atoms with van der Waals surface area (Å²) < 4.78 is 5.09. The minimum atomic E-state index is 0.116. The summed E-state index contributed by atoms with van der Waals surface area (Å²) in [7, 11) is 3.64. The van der Waals surface area contributed by atoms with Crippen molar-refractivity contribution in [1.82, 2.24) is 9.80 Å². The van der Waals surface area contributed by atoms with Crippen LogP contribution < -0.4 is 10.1 Å². The van der Waals surface area contributed by atoms with E-state index in [4.69, 9.17) is 16.3 Å². The topological polar surface area (TPSA) is 44.8 Å². The zero-order valence-corrected chi connectivity index (χ0v) is 12.6. The third kappa shape index (κ3) is 3.77.